The van der Waals surface area contributed by atoms with Gasteiger partial charge in [0.1, 0.15) is 5.70 Å². The lowest BCUT2D eigenvalue weighted by atomic mass is 9.92. The van der Waals surface area contributed by atoms with Crippen LogP contribution in [-0.4, -0.2) is 42.4 Å². The van der Waals surface area contributed by atoms with Gasteiger partial charge in [-0.3, -0.25) is 9.59 Å². The number of allylic oxidation sites excluding steroid dienone is 2. The van der Waals surface area contributed by atoms with Crippen molar-refractivity contribution in [2.75, 3.05) is 20.8 Å². The second kappa shape index (κ2) is 5.72. The molecule has 6 nitrogen and oxygen atoms in total. The van der Waals surface area contributed by atoms with Crippen molar-refractivity contribution in [3.63, 3.8) is 0 Å². The average Bonchev–Trinajstić information content (AvgIpc) is 2.26. The molecule has 1 rings (SSSR count). The molecule has 1 aliphatic rings. The van der Waals surface area contributed by atoms with E-state index in [-0.39, 0.29) is 30.3 Å². The number of hydrogen-bond acceptors (Lipinski definition) is 5. The number of aliphatic hydroxyl groups excluding tert-OH is 1. The lowest BCUT2D eigenvalue weighted by Crippen LogP contribution is -2.91. The standard InChI is InChI=1S/C11H16N2O4/c1-7-6-9(15)10(13(2)12-17-3)8(4-5-14)11(7)16/h6,12,14H,4-5H2,1-3H3/p+1. The van der Waals surface area contributed by atoms with Gasteiger partial charge in [-0.2, -0.15) is 9.85 Å². The Morgan fingerprint density at radius 1 is 1.47 bits per heavy atom. The molecule has 0 heterocycles. The molecule has 0 saturated heterocycles. The number of rotatable bonds is 5. The van der Waals surface area contributed by atoms with Gasteiger partial charge >= 0.3 is 0 Å². The first-order chi connectivity index (χ1) is 8.02. The maximum Gasteiger partial charge on any atom is 0.208 e. The van der Waals surface area contributed by atoms with Gasteiger partial charge in [0.2, 0.25) is 5.78 Å². The Balaban J connectivity index is 3.15. The van der Waals surface area contributed by atoms with Crippen LogP contribution in [0.5, 0.6) is 0 Å². The Morgan fingerprint density at radius 2 is 2.12 bits per heavy atom. The number of nitrogens with two attached hydrogens (primary N) is 1. The Kier molecular flexibility index (Phi) is 4.56. The fourth-order valence-corrected chi connectivity index (χ4v) is 1.77. The van der Waals surface area contributed by atoms with Crippen molar-refractivity contribution in [2.45, 2.75) is 13.3 Å². The molecule has 0 atom stereocenters. The van der Waals surface area contributed by atoms with E-state index in [1.807, 2.05) is 0 Å². The van der Waals surface area contributed by atoms with E-state index in [4.69, 9.17) is 9.94 Å². The summed E-state index contributed by atoms with van der Waals surface area (Å²) < 4.78 is 0. The van der Waals surface area contributed by atoms with E-state index >= 15 is 0 Å². The van der Waals surface area contributed by atoms with Gasteiger partial charge < -0.3 is 5.11 Å². The molecule has 0 bridgehead atoms. The van der Waals surface area contributed by atoms with Gasteiger partial charge in [-0.05, 0) is 13.0 Å². The molecular formula is C11H17N2O4+. The third-order valence-corrected chi connectivity index (χ3v) is 2.48. The minimum absolute atomic E-state index is 0.160. The van der Waals surface area contributed by atoms with Gasteiger partial charge in [-0.1, -0.05) is 0 Å². The Bertz CT molecular complexity index is 398. The maximum absolute atomic E-state index is 11.9. The molecule has 3 N–H and O–H groups in total. The van der Waals surface area contributed by atoms with E-state index in [0.29, 0.717) is 11.1 Å². The summed E-state index contributed by atoms with van der Waals surface area (Å²) in [5, 5.41) is 10.4. The Labute approximate surface area is 99.5 Å². The van der Waals surface area contributed by atoms with Gasteiger partial charge in [0, 0.05) is 24.2 Å². The molecule has 6 heteroatoms. The van der Waals surface area contributed by atoms with E-state index in [1.54, 1.807) is 14.0 Å². The second-order valence-electron chi connectivity index (χ2n) is 3.77. The van der Waals surface area contributed by atoms with E-state index in [0.717, 1.165) is 0 Å². The van der Waals surface area contributed by atoms with Crippen molar-refractivity contribution < 1.29 is 25.1 Å². The van der Waals surface area contributed by atoms with Crippen molar-refractivity contribution in [3.8, 4) is 0 Å². The Hall–Kier alpha value is -1.50. The smallest absolute Gasteiger partial charge is 0.208 e. The summed E-state index contributed by atoms with van der Waals surface area (Å²) in [7, 11) is 3.08. The van der Waals surface area contributed by atoms with Crippen LogP contribution >= 0.6 is 0 Å². The van der Waals surface area contributed by atoms with Gasteiger partial charge in [0.15, 0.2) is 5.78 Å². The number of carbonyl (C=O) groups is 2. The molecule has 0 aromatic carbocycles. The fourth-order valence-electron chi connectivity index (χ4n) is 1.77. The van der Waals surface area contributed by atoms with Crippen LogP contribution in [0, 0.1) is 0 Å². The molecule has 0 radical (unpaired) electrons. The van der Waals surface area contributed by atoms with Gasteiger partial charge in [0.05, 0.1) is 14.2 Å². The number of aliphatic hydroxyl groups is 1. The number of carbonyl (C=O) groups excluding carboxylic acids is 2. The van der Waals surface area contributed by atoms with E-state index in [1.165, 1.54) is 23.8 Å². The monoisotopic (exact) mass is 241 g/mol. The van der Waals surface area contributed by atoms with E-state index in [9.17, 15) is 9.59 Å². The SMILES string of the molecule is CO[NH2+]N(C)C1=C(CCO)C(=O)C(C)=CC1=O. The van der Waals surface area contributed by atoms with Crippen LogP contribution in [0.3, 0.4) is 0 Å². The number of likely N-dealkylation sites (N-methyl/N-ethyl adjacent to an activating group) is 1. The van der Waals surface area contributed by atoms with Crippen LogP contribution in [0.1, 0.15) is 13.3 Å². The zero-order valence-electron chi connectivity index (χ0n) is 10.2. The van der Waals surface area contributed by atoms with Crippen molar-refractivity contribution in [1.82, 2.24) is 5.01 Å². The molecule has 0 aliphatic heterocycles. The highest BCUT2D eigenvalue weighted by molar-refractivity contribution is 6.22. The molecule has 94 valence electrons. The first-order valence-electron chi connectivity index (χ1n) is 5.23. The lowest BCUT2D eigenvalue weighted by Gasteiger charge is -2.22. The number of quaternary nitrogens is 1. The normalized spacial score (nSPS) is 16.4. The summed E-state index contributed by atoms with van der Waals surface area (Å²) in [6, 6.07) is 0. The highest BCUT2D eigenvalue weighted by atomic mass is 16.7. The van der Waals surface area contributed by atoms with Crippen LogP contribution < -0.4 is 5.59 Å². The van der Waals surface area contributed by atoms with Crippen LogP contribution in [0.25, 0.3) is 0 Å². The zero-order valence-corrected chi connectivity index (χ0v) is 10.2. The van der Waals surface area contributed by atoms with Crippen molar-refractivity contribution in [1.29, 1.82) is 0 Å². The fraction of sp³-hybridized carbons (Fsp3) is 0.455. The highest BCUT2D eigenvalue weighted by Gasteiger charge is 2.30. The highest BCUT2D eigenvalue weighted by Crippen LogP contribution is 2.21. The second-order valence-corrected chi connectivity index (χ2v) is 3.77. The first kappa shape index (κ1) is 13.6. The third-order valence-electron chi connectivity index (χ3n) is 2.48. The number of ketones is 2. The van der Waals surface area contributed by atoms with Crippen LogP contribution in [0.2, 0.25) is 0 Å². The summed E-state index contributed by atoms with van der Waals surface area (Å²) in [6.45, 7) is 1.42. The quantitative estimate of drug-likeness (QED) is 0.355. The topological polar surface area (TPSA) is 83.4 Å². The van der Waals surface area contributed by atoms with Crippen LogP contribution in [-0.2, 0) is 14.4 Å². The molecule has 17 heavy (non-hydrogen) atoms. The van der Waals surface area contributed by atoms with Crippen molar-refractivity contribution in [2.24, 2.45) is 0 Å². The predicted molar refractivity (Wildman–Crippen MR) is 59.2 cm³/mol. The number of nitrogens with zero attached hydrogens (tertiary/aromatic N) is 1. The first-order valence-corrected chi connectivity index (χ1v) is 5.23. The predicted octanol–water partition coefficient (Wildman–Crippen LogP) is -1.31. The molecule has 0 saturated carbocycles. The van der Waals surface area contributed by atoms with Crippen molar-refractivity contribution >= 4 is 11.6 Å². The molecule has 0 aromatic heterocycles. The molecule has 0 amide bonds. The molecular weight excluding hydrogens is 224 g/mol. The summed E-state index contributed by atoms with van der Waals surface area (Å²) in [5.41, 5.74) is 2.32. The molecule has 1 aliphatic carbocycles. The van der Waals surface area contributed by atoms with E-state index < -0.39 is 0 Å². The molecule has 0 unspecified atom stereocenters. The van der Waals surface area contributed by atoms with Gasteiger partial charge in [-0.25, -0.2) is 0 Å². The summed E-state index contributed by atoms with van der Waals surface area (Å²) >= 11 is 0. The zero-order chi connectivity index (χ0) is 13.0. The van der Waals surface area contributed by atoms with E-state index in [2.05, 4.69) is 0 Å². The average molecular weight is 241 g/mol. The Morgan fingerprint density at radius 3 is 2.65 bits per heavy atom. The maximum atomic E-state index is 11.9. The summed E-state index contributed by atoms with van der Waals surface area (Å²) in [5.74, 6) is -0.452. The molecule has 0 spiro atoms. The van der Waals surface area contributed by atoms with Gasteiger partial charge in [-0.15, -0.1) is 5.59 Å². The van der Waals surface area contributed by atoms with Crippen LogP contribution in [0.15, 0.2) is 22.9 Å². The summed E-state index contributed by atoms with van der Waals surface area (Å²) in [6.07, 6.45) is 1.46. The number of Topliss-reactive ketones (excluding diaryl/α,β-unsaturated/α-hetero) is 1. The largest absolute Gasteiger partial charge is 0.396 e. The summed E-state index contributed by atoms with van der Waals surface area (Å²) in [4.78, 5) is 28.6. The molecule has 0 aromatic rings. The van der Waals surface area contributed by atoms with Gasteiger partial charge in [0.25, 0.3) is 0 Å². The minimum atomic E-state index is -0.249. The number of hydrogen-bond donors (Lipinski definition) is 2. The van der Waals surface area contributed by atoms with Crippen molar-refractivity contribution in [3.05, 3.63) is 22.9 Å². The lowest BCUT2D eigenvalue weighted by molar-refractivity contribution is -0.985. The van der Waals surface area contributed by atoms with Crippen LogP contribution in [0.4, 0.5) is 0 Å². The third kappa shape index (κ3) is 2.79. The molecule has 0 fully saturated rings. The minimum Gasteiger partial charge on any atom is -0.396 e.